The largest absolute Gasteiger partial charge is 0.496 e. The van der Waals surface area contributed by atoms with Gasteiger partial charge in [0.2, 0.25) is 0 Å². The van der Waals surface area contributed by atoms with Gasteiger partial charge in [0, 0.05) is 21.9 Å². The van der Waals surface area contributed by atoms with Crippen LogP contribution in [0.5, 0.6) is 0 Å². The molecule has 0 atom stereocenters. The van der Waals surface area contributed by atoms with Gasteiger partial charge in [-0.05, 0) is 103 Å². The van der Waals surface area contributed by atoms with Crippen molar-refractivity contribution in [3.05, 3.63) is 170 Å². The molecule has 9 rings (SSSR count). The predicted octanol–water partition coefficient (Wildman–Crippen LogP) is 11.8. The van der Waals surface area contributed by atoms with Crippen LogP contribution in [0.3, 0.4) is 0 Å². The van der Waals surface area contributed by atoms with E-state index in [4.69, 9.17) is 9.31 Å². The maximum atomic E-state index is 6.64. The zero-order valence-corrected chi connectivity index (χ0v) is 30.0. The van der Waals surface area contributed by atoms with Crippen molar-refractivity contribution in [2.24, 2.45) is 0 Å². The van der Waals surface area contributed by atoms with Gasteiger partial charge < -0.3 is 13.9 Å². The molecule has 0 unspecified atom stereocenters. The Labute approximate surface area is 306 Å². The van der Waals surface area contributed by atoms with Gasteiger partial charge in [-0.1, -0.05) is 140 Å². The van der Waals surface area contributed by atoms with Crippen molar-refractivity contribution < 1.29 is 9.31 Å². The van der Waals surface area contributed by atoms with Crippen LogP contribution in [-0.2, 0) is 9.31 Å². The molecule has 0 aliphatic carbocycles. The Bertz CT molecular complexity index is 2430. The Morgan fingerprint density at radius 1 is 0.404 bits per heavy atom. The number of fused-ring (bicyclic) bond motifs is 3. The van der Waals surface area contributed by atoms with Crippen LogP contribution in [0, 0.1) is 0 Å². The third kappa shape index (κ3) is 5.38. The summed E-state index contributed by atoms with van der Waals surface area (Å²) in [4.78, 5) is 0. The minimum atomic E-state index is -0.497. The van der Waals surface area contributed by atoms with Crippen molar-refractivity contribution in [3.63, 3.8) is 0 Å². The van der Waals surface area contributed by atoms with Crippen LogP contribution in [0.2, 0.25) is 0 Å². The van der Waals surface area contributed by atoms with Crippen molar-refractivity contribution in [2.75, 3.05) is 0 Å². The molecular formula is C48H40BNO2. The normalized spacial score (nSPS) is 15.0. The molecule has 1 aliphatic heterocycles. The first kappa shape index (κ1) is 32.2. The number of aromatic nitrogens is 1. The van der Waals surface area contributed by atoms with Crippen LogP contribution in [0.1, 0.15) is 27.7 Å². The minimum Gasteiger partial charge on any atom is -0.399 e. The molecule has 52 heavy (non-hydrogen) atoms. The molecular weight excluding hydrogens is 633 g/mol. The minimum absolute atomic E-state index is 0.451. The van der Waals surface area contributed by atoms with E-state index in [0.717, 1.165) is 22.2 Å². The highest BCUT2D eigenvalue weighted by atomic mass is 16.7. The number of rotatable bonds is 6. The summed E-state index contributed by atoms with van der Waals surface area (Å²) >= 11 is 0. The van der Waals surface area contributed by atoms with Crippen LogP contribution in [0.15, 0.2) is 170 Å². The molecule has 2 heterocycles. The monoisotopic (exact) mass is 673 g/mol. The third-order valence-electron chi connectivity index (χ3n) is 11.1. The summed E-state index contributed by atoms with van der Waals surface area (Å²) in [6, 6.07) is 61.1. The van der Waals surface area contributed by atoms with E-state index in [1.165, 1.54) is 55.3 Å². The average molecular weight is 674 g/mol. The SMILES string of the molecule is CC1(C)OB(c2ccccc2-n2c3ccc(-c4ccccc4-c4ccccc4)cc3c3cc(-c4ccccc4-c4ccccc4)ccc32)OC1(C)C. The van der Waals surface area contributed by atoms with Gasteiger partial charge in [-0.25, -0.2) is 0 Å². The first-order chi connectivity index (χ1) is 25.3. The summed E-state index contributed by atoms with van der Waals surface area (Å²) in [6.07, 6.45) is 0. The van der Waals surface area contributed by atoms with Crippen LogP contribution >= 0.6 is 0 Å². The molecule has 1 aliphatic rings. The van der Waals surface area contributed by atoms with Gasteiger partial charge in [0.05, 0.1) is 22.2 Å². The van der Waals surface area contributed by atoms with Gasteiger partial charge in [-0.3, -0.25) is 0 Å². The van der Waals surface area contributed by atoms with Crippen LogP contribution in [0.4, 0.5) is 0 Å². The van der Waals surface area contributed by atoms with Gasteiger partial charge in [0.15, 0.2) is 0 Å². The fraction of sp³-hybridized carbons (Fsp3) is 0.125. The van der Waals surface area contributed by atoms with Crippen LogP contribution in [0.25, 0.3) is 72.0 Å². The lowest BCUT2D eigenvalue weighted by Gasteiger charge is -2.32. The fourth-order valence-corrected chi connectivity index (χ4v) is 7.69. The summed E-state index contributed by atoms with van der Waals surface area (Å²) in [5.41, 5.74) is 13.1. The summed E-state index contributed by atoms with van der Waals surface area (Å²) in [5, 5.41) is 2.39. The van der Waals surface area contributed by atoms with Gasteiger partial charge in [-0.15, -0.1) is 0 Å². The highest BCUT2D eigenvalue weighted by Gasteiger charge is 2.52. The van der Waals surface area contributed by atoms with Gasteiger partial charge in [0.25, 0.3) is 0 Å². The second-order valence-corrected chi connectivity index (χ2v) is 14.8. The van der Waals surface area contributed by atoms with Crippen molar-refractivity contribution in [1.29, 1.82) is 0 Å². The van der Waals surface area contributed by atoms with Gasteiger partial charge >= 0.3 is 7.12 Å². The fourth-order valence-electron chi connectivity index (χ4n) is 7.69. The predicted molar refractivity (Wildman–Crippen MR) is 218 cm³/mol. The summed E-state index contributed by atoms with van der Waals surface area (Å²) in [5.74, 6) is 0. The molecule has 0 amide bonds. The lowest BCUT2D eigenvalue weighted by atomic mass is 9.77. The Morgan fingerprint density at radius 3 is 1.25 bits per heavy atom. The first-order valence-electron chi connectivity index (χ1n) is 18.1. The molecule has 8 aromatic rings. The van der Waals surface area contributed by atoms with Crippen molar-refractivity contribution in [2.45, 2.75) is 38.9 Å². The summed E-state index contributed by atoms with van der Waals surface area (Å²) < 4.78 is 15.7. The van der Waals surface area contributed by atoms with Crippen molar-refractivity contribution >= 4 is 34.4 Å². The van der Waals surface area contributed by atoms with Crippen molar-refractivity contribution in [1.82, 2.24) is 4.57 Å². The zero-order chi connectivity index (χ0) is 35.5. The van der Waals surface area contributed by atoms with E-state index < -0.39 is 18.3 Å². The molecule has 3 nitrogen and oxygen atoms in total. The second-order valence-electron chi connectivity index (χ2n) is 14.8. The molecule has 7 aromatic carbocycles. The van der Waals surface area contributed by atoms with Crippen molar-refractivity contribution in [3.8, 4) is 50.2 Å². The summed E-state index contributed by atoms with van der Waals surface area (Å²) in [7, 11) is -0.497. The Hall–Kier alpha value is -5.68. The van der Waals surface area contributed by atoms with E-state index in [1.54, 1.807) is 0 Å². The van der Waals surface area contributed by atoms with Crippen LogP contribution in [-0.4, -0.2) is 22.9 Å². The highest BCUT2D eigenvalue weighted by molar-refractivity contribution is 6.63. The standard InChI is InChI=1S/C48H40BNO2/c1-47(2)48(3,4)52-49(51-47)43-25-15-16-26-46(43)50-44-29-27-35(39-23-13-11-21-37(39)33-17-7-5-8-18-33)31-41(44)42-32-36(28-30-45(42)50)40-24-14-12-22-38(40)34-19-9-6-10-20-34/h5-32H,1-4H3. The lowest BCUT2D eigenvalue weighted by Crippen LogP contribution is -2.41. The zero-order valence-electron chi connectivity index (χ0n) is 30.0. The number of nitrogens with zero attached hydrogens (tertiary/aromatic N) is 1. The quantitative estimate of drug-likeness (QED) is 0.164. The van der Waals surface area contributed by atoms with Gasteiger partial charge in [0.1, 0.15) is 0 Å². The topological polar surface area (TPSA) is 23.4 Å². The number of hydrogen-bond donors (Lipinski definition) is 0. The smallest absolute Gasteiger partial charge is 0.399 e. The number of hydrogen-bond acceptors (Lipinski definition) is 2. The lowest BCUT2D eigenvalue weighted by molar-refractivity contribution is 0.00578. The Kier molecular flexibility index (Phi) is 7.77. The van der Waals surface area contributed by atoms with E-state index in [9.17, 15) is 0 Å². The Morgan fingerprint density at radius 2 is 0.788 bits per heavy atom. The van der Waals surface area contributed by atoms with E-state index in [0.29, 0.717) is 0 Å². The molecule has 252 valence electrons. The van der Waals surface area contributed by atoms with Gasteiger partial charge in [-0.2, -0.15) is 0 Å². The molecule has 0 N–H and O–H groups in total. The van der Waals surface area contributed by atoms with E-state index in [-0.39, 0.29) is 0 Å². The molecule has 0 radical (unpaired) electrons. The second kappa shape index (κ2) is 12.5. The molecule has 0 bridgehead atoms. The molecule has 1 aromatic heterocycles. The summed E-state index contributed by atoms with van der Waals surface area (Å²) in [6.45, 7) is 8.44. The number of benzene rings is 7. The maximum absolute atomic E-state index is 6.64. The van der Waals surface area contributed by atoms with E-state index in [2.05, 4.69) is 202 Å². The van der Waals surface area contributed by atoms with Crippen LogP contribution < -0.4 is 5.46 Å². The molecule has 1 fully saturated rings. The molecule has 0 saturated carbocycles. The third-order valence-corrected chi connectivity index (χ3v) is 11.1. The first-order valence-corrected chi connectivity index (χ1v) is 18.1. The van der Waals surface area contributed by atoms with E-state index >= 15 is 0 Å². The average Bonchev–Trinajstić information content (AvgIpc) is 3.62. The molecule has 0 spiro atoms. The Balaban J connectivity index is 1.29. The maximum Gasteiger partial charge on any atom is 0.496 e. The molecule has 1 saturated heterocycles. The molecule has 4 heteroatoms. The van der Waals surface area contributed by atoms with E-state index in [1.807, 2.05) is 0 Å². The highest BCUT2D eigenvalue weighted by Crippen LogP contribution is 2.42. The number of para-hydroxylation sites is 1.